The topological polar surface area (TPSA) is 48.1 Å². The highest BCUT2D eigenvalue weighted by Gasteiger charge is 2.01. The molecule has 2 N–H and O–H groups in total. The van der Waals surface area contributed by atoms with E-state index < -0.39 is 0 Å². The van der Waals surface area contributed by atoms with Crippen molar-refractivity contribution < 1.29 is 4.74 Å². The predicted molar refractivity (Wildman–Crippen MR) is 62.9 cm³/mol. The second-order valence-corrected chi connectivity index (χ2v) is 3.42. The predicted octanol–water partition coefficient (Wildman–Crippen LogP) is 2.12. The van der Waals surface area contributed by atoms with Crippen molar-refractivity contribution in [2.45, 2.75) is 13.2 Å². The molecular weight excluding hydrogens is 200 g/mol. The Bertz CT molecular complexity index is 443. The molecule has 0 saturated heterocycles. The van der Waals surface area contributed by atoms with Gasteiger partial charge in [-0.05, 0) is 18.2 Å². The Morgan fingerprint density at radius 3 is 2.62 bits per heavy atom. The zero-order valence-corrected chi connectivity index (χ0v) is 8.97. The van der Waals surface area contributed by atoms with Gasteiger partial charge in [0.25, 0.3) is 0 Å². The molecule has 0 aliphatic rings. The van der Waals surface area contributed by atoms with Gasteiger partial charge in [0.05, 0.1) is 5.69 Å². The van der Waals surface area contributed by atoms with E-state index >= 15 is 0 Å². The van der Waals surface area contributed by atoms with Gasteiger partial charge in [-0.2, -0.15) is 0 Å². The second kappa shape index (κ2) is 5.28. The molecule has 1 aromatic carbocycles. The average Bonchev–Trinajstić information content (AvgIpc) is 2.38. The van der Waals surface area contributed by atoms with E-state index in [1.807, 2.05) is 42.5 Å². The molecule has 2 rings (SSSR count). The van der Waals surface area contributed by atoms with E-state index in [4.69, 9.17) is 10.5 Å². The molecule has 2 aromatic rings. The lowest BCUT2D eigenvalue weighted by Gasteiger charge is -2.08. The minimum Gasteiger partial charge on any atom is -0.489 e. The molecule has 16 heavy (non-hydrogen) atoms. The van der Waals surface area contributed by atoms with Crippen LogP contribution in [-0.2, 0) is 13.2 Å². The molecule has 0 unspecified atom stereocenters. The summed E-state index contributed by atoms with van der Waals surface area (Å²) in [5, 5.41) is 0. The normalized spacial score (nSPS) is 10.1. The number of nitrogens with two attached hydrogens (primary N) is 1. The quantitative estimate of drug-likeness (QED) is 0.848. The van der Waals surface area contributed by atoms with Crippen LogP contribution in [0.15, 0.2) is 48.7 Å². The van der Waals surface area contributed by atoms with Crippen LogP contribution < -0.4 is 10.5 Å². The minimum atomic E-state index is 0.439. The van der Waals surface area contributed by atoms with Gasteiger partial charge in [-0.3, -0.25) is 4.98 Å². The molecule has 0 atom stereocenters. The summed E-state index contributed by atoms with van der Waals surface area (Å²) in [4.78, 5) is 4.20. The van der Waals surface area contributed by atoms with Gasteiger partial charge < -0.3 is 10.5 Å². The summed E-state index contributed by atoms with van der Waals surface area (Å²) in [6.45, 7) is 0.943. The highest BCUT2D eigenvalue weighted by Crippen LogP contribution is 2.12. The summed E-state index contributed by atoms with van der Waals surface area (Å²) in [5.41, 5.74) is 7.52. The molecular formula is C13H14N2O. The van der Waals surface area contributed by atoms with Gasteiger partial charge in [0.1, 0.15) is 12.4 Å². The Balaban J connectivity index is 2.05. The van der Waals surface area contributed by atoms with Gasteiger partial charge in [-0.25, -0.2) is 0 Å². The molecule has 0 radical (unpaired) electrons. The number of ether oxygens (including phenoxy) is 1. The third kappa shape index (κ3) is 2.58. The molecule has 0 spiro atoms. The molecule has 0 fully saturated rings. The number of para-hydroxylation sites is 1. The summed E-state index contributed by atoms with van der Waals surface area (Å²) in [6.07, 6.45) is 1.74. The van der Waals surface area contributed by atoms with Crippen molar-refractivity contribution in [3.05, 3.63) is 59.9 Å². The van der Waals surface area contributed by atoms with Crippen molar-refractivity contribution in [1.82, 2.24) is 4.98 Å². The third-order valence-electron chi connectivity index (χ3n) is 2.32. The van der Waals surface area contributed by atoms with Crippen molar-refractivity contribution >= 4 is 0 Å². The molecule has 0 bridgehead atoms. The van der Waals surface area contributed by atoms with Crippen LogP contribution >= 0.6 is 0 Å². The van der Waals surface area contributed by atoms with Crippen molar-refractivity contribution in [3.8, 4) is 5.75 Å². The molecule has 0 aliphatic heterocycles. The maximum atomic E-state index is 5.64. The van der Waals surface area contributed by atoms with Crippen molar-refractivity contribution in [1.29, 1.82) is 0 Å². The first-order chi connectivity index (χ1) is 7.90. The van der Waals surface area contributed by atoms with Crippen LogP contribution in [-0.4, -0.2) is 4.98 Å². The molecule has 3 nitrogen and oxygen atoms in total. The Hall–Kier alpha value is -1.87. The smallest absolute Gasteiger partial charge is 0.119 e. The Labute approximate surface area is 94.9 Å². The number of rotatable bonds is 4. The van der Waals surface area contributed by atoms with Gasteiger partial charge in [-0.15, -0.1) is 0 Å². The number of nitrogens with zero attached hydrogens (tertiary/aromatic N) is 1. The minimum absolute atomic E-state index is 0.439. The zero-order valence-electron chi connectivity index (χ0n) is 8.97. The fourth-order valence-electron chi connectivity index (χ4n) is 1.46. The fourth-order valence-corrected chi connectivity index (χ4v) is 1.46. The van der Waals surface area contributed by atoms with E-state index in [1.165, 1.54) is 0 Å². The molecule has 0 saturated carbocycles. The van der Waals surface area contributed by atoms with E-state index in [0.717, 1.165) is 17.0 Å². The first kappa shape index (κ1) is 10.6. The lowest BCUT2D eigenvalue weighted by molar-refractivity contribution is 0.304. The largest absolute Gasteiger partial charge is 0.489 e. The third-order valence-corrected chi connectivity index (χ3v) is 2.32. The van der Waals surface area contributed by atoms with Crippen LogP contribution in [0.3, 0.4) is 0 Å². The van der Waals surface area contributed by atoms with Crippen molar-refractivity contribution in [2.24, 2.45) is 5.73 Å². The number of benzene rings is 1. The van der Waals surface area contributed by atoms with Crippen LogP contribution in [0.25, 0.3) is 0 Å². The van der Waals surface area contributed by atoms with Crippen LogP contribution in [0.1, 0.15) is 11.3 Å². The Kier molecular flexibility index (Phi) is 3.51. The first-order valence-corrected chi connectivity index (χ1v) is 5.21. The first-order valence-electron chi connectivity index (χ1n) is 5.21. The standard InChI is InChI=1S/C13H14N2O/c14-9-13-11(5-4-8-15-13)10-16-12-6-2-1-3-7-12/h1-8H,9-10,14H2. The molecule has 0 amide bonds. The van der Waals surface area contributed by atoms with E-state index in [-0.39, 0.29) is 0 Å². The summed E-state index contributed by atoms with van der Waals surface area (Å²) in [6, 6.07) is 13.6. The van der Waals surface area contributed by atoms with Gasteiger partial charge in [-0.1, -0.05) is 24.3 Å². The van der Waals surface area contributed by atoms with Crippen LogP contribution in [0.2, 0.25) is 0 Å². The SMILES string of the molecule is NCc1ncccc1COc1ccccc1. The van der Waals surface area contributed by atoms with Crippen LogP contribution in [0.5, 0.6) is 5.75 Å². The summed E-state index contributed by atoms with van der Waals surface area (Å²) in [5.74, 6) is 0.856. The second-order valence-electron chi connectivity index (χ2n) is 3.42. The van der Waals surface area contributed by atoms with Gasteiger partial charge in [0.2, 0.25) is 0 Å². The van der Waals surface area contributed by atoms with Crippen molar-refractivity contribution in [3.63, 3.8) is 0 Å². The number of pyridine rings is 1. The van der Waals surface area contributed by atoms with Crippen LogP contribution in [0.4, 0.5) is 0 Å². The maximum absolute atomic E-state index is 5.64. The average molecular weight is 214 g/mol. The monoisotopic (exact) mass is 214 g/mol. The van der Waals surface area contributed by atoms with E-state index in [9.17, 15) is 0 Å². The Morgan fingerprint density at radius 2 is 1.88 bits per heavy atom. The van der Waals surface area contributed by atoms with E-state index in [1.54, 1.807) is 6.20 Å². The fraction of sp³-hybridized carbons (Fsp3) is 0.154. The summed E-state index contributed by atoms with van der Waals surface area (Å²) >= 11 is 0. The van der Waals surface area contributed by atoms with Gasteiger partial charge in [0, 0.05) is 18.3 Å². The van der Waals surface area contributed by atoms with Crippen molar-refractivity contribution in [2.75, 3.05) is 0 Å². The Morgan fingerprint density at radius 1 is 1.06 bits per heavy atom. The number of aromatic nitrogens is 1. The maximum Gasteiger partial charge on any atom is 0.119 e. The number of hydrogen-bond donors (Lipinski definition) is 1. The van der Waals surface area contributed by atoms with E-state index in [0.29, 0.717) is 13.2 Å². The van der Waals surface area contributed by atoms with Gasteiger partial charge >= 0.3 is 0 Å². The number of hydrogen-bond acceptors (Lipinski definition) is 3. The summed E-state index contributed by atoms with van der Waals surface area (Å²) in [7, 11) is 0. The molecule has 82 valence electrons. The lowest BCUT2D eigenvalue weighted by atomic mass is 10.2. The molecule has 0 aliphatic carbocycles. The zero-order chi connectivity index (χ0) is 11.2. The highest BCUT2D eigenvalue weighted by molar-refractivity contribution is 5.23. The van der Waals surface area contributed by atoms with Crippen LogP contribution in [0, 0.1) is 0 Å². The lowest BCUT2D eigenvalue weighted by Crippen LogP contribution is -2.06. The van der Waals surface area contributed by atoms with Gasteiger partial charge in [0.15, 0.2) is 0 Å². The van der Waals surface area contributed by atoms with E-state index in [2.05, 4.69) is 4.98 Å². The highest BCUT2D eigenvalue weighted by atomic mass is 16.5. The molecule has 1 aromatic heterocycles. The molecule has 1 heterocycles. The molecule has 3 heteroatoms. The summed E-state index contributed by atoms with van der Waals surface area (Å²) < 4.78 is 5.64.